The van der Waals surface area contributed by atoms with Gasteiger partial charge in [-0.1, -0.05) is 0 Å². The van der Waals surface area contributed by atoms with Gasteiger partial charge in [0.05, 0.1) is 6.42 Å². The quantitative estimate of drug-likeness (QED) is 0.331. The molecule has 2 nitrogen and oxygen atoms in total. The largest absolute Gasteiger partial charge is 0.334 e. The Hall–Kier alpha value is -0.0800. The summed E-state index contributed by atoms with van der Waals surface area (Å²) in [5.41, 5.74) is 0. The van der Waals surface area contributed by atoms with E-state index in [2.05, 4.69) is 10.6 Å². The monoisotopic (exact) mass is 100 g/mol. The van der Waals surface area contributed by atoms with E-state index in [1.807, 2.05) is 0 Å². The highest BCUT2D eigenvalue weighted by Gasteiger charge is 2.38. The van der Waals surface area contributed by atoms with Crippen molar-refractivity contribution in [3.05, 3.63) is 0 Å². The van der Waals surface area contributed by atoms with Crippen molar-refractivity contribution >= 4 is 0 Å². The Morgan fingerprint density at radius 3 is 1.71 bits per heavy atom. The normalized spacial score (nSPS) is 48.0. The van der Waals surface area contributed by atoms with Gasteiger partial charge in [-0.3, -0.25) is 0 Å². The maximum atomic E-state index is 2.48. The Bertz CT molecular complexity index is 64.1. The molecule has 2 aliphatic heterocycles. The van der Waals surface area contributed by atoms with E-state index in [0.29, 0.717) is 0 Å². The van der Waals surface area contributed by atoms with Crippen LogP contribution in [-0.4, -0.2) is 25.2 Å². The third kappa shape index (κ3) is 0.469. The standard InChI is InChI=1S/C5H10N2/c1-4-2-6-5(1)3-7-4/h4-7H,1-3H2/p+2/t4-,5-/m0/s1. The van der Waals surface area contributed by atoms with Crippen LogP contribution >= 0.6 is 0 Å². The molecule has 2 heterocycles. The van der Waals surface area contributed by atoms with Crippen LogP contribution in [0.15, 0.2) is 0 Å². The number of rotatable bonds is 0. The lowest BCUT2D eigenvalue weighted by Gasteiger charge is -2.04. The van der Waals surface area contributed by atoms with Crippen molar-refractivity contribution in [2.45, 2.75) is 18.5 Å². The maximum absolute atomic E-state index is 2.48. The molecule has 0 aromatic carbocycles. The van der Waals surface area contributed by atoms with Crippen LogP contribution in [0.4, 0.5) is 0 Å². The average molecular weight is 100 g/mol. The Kier molecular flexibility index (Phi) is 0.664. The fraction of sp³-hybridized carbons (Fsp3) is 1.00. The molecule has 2 heteroatoms. The predicted molar refractivity (Wildman–Crippen MR) is 25.8 cm³/mol. The van der Waals surface area contributed by atoms with Gasteiger partial charge in [-0.2, -0.15) is 0 Å². The molecular weight excluding hydrogens is 88.1 g/mol. The van der Waals surface area contributed by atoms with E-state index in [1.54, 1.807) is 0 Å². The van der Waals surface area contributed by atoms with Crippen LogP contribution in [0.5, 0.6) is 0 Å². The molecule has 0 unspecified atom stereocenters. The number of hydrogen-bond donors (Lipinski definition) is 2. The second-order valence-corrected chi connectivity index (χ2v) is 2.70. The number of fused-ring (bicyclic) bond motifs is 2. The van der Waals surface area contributed by atoms with E-state index in [4.69, 9.17) is 0 Å². The van der Waals surface area contributed by atoms with E-state index >= 15 is 0 Å². The van der Waals surface area contributed by atoms with E-state index in [0.717, 1.165) is 12.1 Å². The highest BCUT2D eigenvalue weighted by atomic mass is 15.1. The maximum Gasteiger partial charge on any atom is 0.141 e. The molecule has 2 rings (SSSR count). The summed E-state index contributed by atoms with van der Waals surface area (Å²) >= 11 is 0. The number of piperazine rings is 1. The van der Waals surface area contributed by atoms with Gasteiger partial charge in [-0.05, 0) is 0 Å². The zero-order valence-electron chi connectivity index (χ0n) is 4.43. The van der Waals surface area contributed by atoms with Gasteiger partial charge in [0.15, 0.2) is 0 Å². The lowest BCUT2D eigenvalue weighted by Crippen LogP contribution is -3.04. The van der Waals surface area contributed by atoms with Crippen molar-refractivity contribution in [3.63, 3.8) is 0 Å². The fourth-order valence-corrected chi connectivity index (χ4v) is 1.70. The third-order valence-electron chi connectivity index (χ3n) is 2.15. The fourth-order valence-electron chi connectivity index (χ4n) is 1.70. The van der Waals surface area contributed by atoms with Gasteiger partial charge in [0, 0.05) is 0 Å². The van der Waals surface area contributed by atoms with Crippen LogP contribution in [0.1, 0.15) is 6.42 Å². The molecule has 0 saturated carbocycles. The first-order chi connectivity index (χ1) is 3.45. The molecule has 2 fully saturated rings. The molecule has 0 aromatic heterocycles. The summed E-state index contributed by atoms with van der Waals surface area (Å²) in [6, 6.07) is 1.98. The van der Waals surface area contributed by atoms with Crippen molar-refractivity contribution in [3.8, 4) is 0 Å². The number of nitrogens with two attached hydrogens (primary N) is 2. The van der Waals surface area contributed by atoms with Gasteiger partial charge < -0.3 is 10.6 Å². The van der Waals surface area contributed by atoms with Crippen molar-refractivity contribution < 1.29 is 10.6 Å². The van der Waals surface area contributed by atoms with E-state index < -0.39 is 0 Å². The highest BCUT2D eigenvalue weighted by Crippen LogP contribution is 1.97. The summed E-state index contributed by atoms with van der Waals surface area (Å²) in [6.45, 7) is 2.76. The molecule has 7 heavy (non-hydrogen) atoms. The van der Waals surface area contributed by atoms with Gasteiger partial charge in [0.1, 0.15) is 25.2 Å². The van der Waals surface area contributed by atoms with Crippen molar-refractivity contribution in [1.82, 2.24) is 0 Å². The van der Waals surface area contributed by atoms with Gasteiger partial charge in [-0.25, -0.2) is 0 Å². The molecule has 0 amide bonds. The van der Waals surface area contributed by atoms with Crippen LogP contribution in [0.2, 0.25) is 0 Å². The zero-order valence-corrected chi connectivity index (χ0v) is 4.43. The minimum Gasteiger partial charge on any atom is -0.334 e. The van der Waals surface area contributed by atoms with Crippen molar-refractivity contribution in [1.29, 1.82) is 0 Å². The Morgan fingerprint density at radius 1 is 1.00 bits per heavy atom. The minimum absolute atomic E-state index is 0.991. The molecule has 2 atom stereocenters. The molecule has 0 aliphatic carbocycles. The van der Waals surface area contributed by atoms with Crippen LogP contribution in [0, 0.1) is 0 Å². The third-order valence-corrected chi connectivity index (χ3v) is 2.15. The van der Waals surface area contributed by atoms with Crippen LogP contribution < -0.4 is 10.6 Å². The first-order valence-electron chi connectivity index (χ1n) is 3.12. The van der Waals surface area contributed by atoms with Crippen LogP contribution in [0.3, 0.4) is 0 Å². The summed E-state index contributed by atoms with van der Waals surface area (Å²) in [5.74, 6) is 0. The van der Waals surface area contributed by atoms with E-state index in [-0.39, 0.29) is 0 Å². The Morgan fingerprint density at radius 2 is 1.57 bits per heavy atom. The topological polar surface area (TPSA) is 33.2 Å². The number of quaternary nitrogens is 2. The zero-order chi connectivity index (χ0) is 4.69. The molecule has 2 saturated heterocycles. The second kappa shape index (κ2) is 1.20. The summed E-state index contributed by atoms with van der Waals surface area (Å²) in [5, 5.41) is 4.95. The Balaban J connectivity index is 2.12. The molecule has 2 aliphatic rings. The minimum atomic E-state index is 0.991. The van der Waals surface area contributed by atoms with E-state index in [9.17, 15) is 0 Å². The first kappa shape index (κ1) is 3.87. The summed E-state index contributed by atoms with van der Waals surface area (Å²) in [7, 11) is 0. The molecule has 40 valence electrons. The van der Waals surface area contributed by atoms with Gasteiger partial charge >= 0.3 is 0 Å². The lowest BCUT2D eigenvalue weighted by molar-refractivity contribution is -0.789. The summed E-state index contributed by atoms with van der Waals surface area (Å²) in [6.07, 6.45) is 1.47. The van der Waals surface area contributed by atoms with Gasteiger partial charge in [-0.15, -0.1) is 0 Å². The van der Waals surface area contributed by atoms with Gasteiger partial charge in [0.2, 0.25) is 0 Å². The first-order valence-corrected chi connectivity index (χ1v) is 3.12. The van der Waals surface area contributed by atoms with Crippen molar-refractivity contribution in [2.24, 2.45) is 0 Å². The molecule has 4 N–H and O–H groups in total. The SMILES string of the molecule is C1[NH2+][C@@H]2C[NH2+][C@H]1C2. The molecule has 0 radical (unpaired) electrons. The molecule has 0 aromatic rings. The van der Waals surface area contributed by atoms with E-state index in [1.165, 1.54) is 19.5 Å². The summed E-state index contributed by atoms with van der Waals surface area (Å²) < 4.78 is 0. The average Bonchev–Trinajstić information content (AvgIpc) is 2.22. The second-order valence-electron chi connectivity index (χ2n) is 2.70. The highest BCUT2D eigenvalue weighted by molar-refractivity contribution is 4.70. The molecular formula is C5H12N2+2. The molecule has 2 bridgehead atoms. The lowest BCUT2D eigenvalue weighted by atomic mass is 10.3. The van der Waals surface area contributed by atoms with Gasteiger partial charge in [0.25, 0.3) is 0 Å². The predicted octanol–water partition coefficient (Wildman–Crippen LogP) is -2.73. The molecule has 0 spiro atoms. The Labute approximate surface area is 43.3 Å². The van der Waals surface area contributed by atoms with Crippen LogP contribution in [0.25, 0.3) is 0 Å². The van der Waals surface area contributed by atoms with Crippen molar-refractivity contribution in [2.75, 3.05) is 13.1 Å². The van der Waals surface area contributed by atoms with Crippen LogP contribution in [-0.2, 0) is 0 Å². The number of hydrogen-bond acceptors (Lipinski definition) is 0. The summed E-state index contributed by atoms with van der Waals surface area (Å²) in [4.78, 5) is 0. The smallest absolute Gasteiger partial charge is 0.141 e.